The number of halogens is 1. The van der Waals surface area contributed by atoms with E-state index in [9.17, 15) is 9.18 Å². The minimum Gasteiger partial charge on any atom is -0.492 e. The van der Waals surface area contributed by atoms with E-state index in [1.54, 1.807) is 6.92 Å². The van der Waals surface area contributed by atoms with Gasteiger partial charge in [0.05, 0.1) is 24.0 Å². The Labute approximate surface area is 145 Å². The molecule has 0 radical (unpaired) electrons. The fourth-order valence-electron chi connectivity index (χ4n) is 3.00. The lowest BCUT2D eigenvalue weighted by Crippen LogP contribution is -2.30. The first-order valence-corrected chi connectivity index (χ1v) is 8.46. The van der Waals surface area contributed by atoms with Crippen molar-refractivity contribution >= 4 is 11.6 Å². The monoisotopic (exact) mass is 347 g/mol. The minimum atomic E-state index is -0.422. The zero-order valence-electron chi connectivity index (χ0n) is 14.4. The lowest BCUT2D eigenvalue weighted by atomic mass is 10.1. The number of ether oxygens (including phenoxy) is 1. The molecule has 25 heavy (non-hydrogen) atoms. The molecule has 3 rings (SSSR count). The number of aromatic nitrogens is 3. The molecule has 1 aromatic carbocycles. The van der Waals surface area contributed by atoms with Gasteiger partial charge in [0.1, 0.15) is 11.6 Å². The Hall–Kier alpha value is -2.48. The third kappa shape index (κ3) is 3.79. The highest BCUT2D eigenvalue weighted by Gasteiger charge is 2.23. The van der Waals surface area contributed by atoms with Crippen molar-refractivity contribution in [3.05, 3.63) is 35.4 Å². The fourth-order valence-corrected chi connectivity index (χ4v) is 3.00. The average molecular weight is 347 g/mol. The van der Waals surface area contributed by atoms with Gasteiger partial charge in [-0.1, -0.05) is 5.21 Å². The Morgan fingerprint density at radius 1 is 1.44 bits per heavy atom. The van der Waals surface area contributed by atoms with Crippen molar-refractivity contribution in [2.24, 2.45) is 0 Å². The van der Waals surface area contributed by atoms with E-state index in [1.165, 1.54) is 18.2 Å². The molecule has 1 aliphatic rings. The molecule has 0 unspecified atom stereocenters. The van der Waals surface area contributed by atoms with Crippen LogP contribution in [0.25, 0.3) is 0 Å². The molecule has 2 N–H and O–H groups in total. The van der Waals surface area contributed by atoms with E-state index in [0.717, 1.165) is 31.6 Å². The Kier molecular flexibility index (Phi) is 5.28. The van der Waals surface area contributed by atoms with Gasteiger partial charge in [-0.25, -0.2) is 9.07 Å². The summed E-state index contributed by atoms with van der Waals surface area (Å²) in [6.07, 6.45) is 1.91. The number of hydrogen-bond donors (Lipinski definition) is 2. The van der Waals surface area contributed by atoms with Crippen molar-refractivity contribution < 1.29 is 13.9 Å². The normalized spacial score (nSPS) is 15.2. The van der Waals surface area contributed by atoms with Crippen molar-refractivity contribution in [3.8, 4) is 5.75 Å². The number of carbonyl (C=O) groups is 1. The molecule has 2 heterocycles. The predicted octanol–water partition coefficient (Wildman–Crippen LogP) is 2.30. The van der Waals surface area contributed by atoms with Gasteiger partial charge in [0.15, 0.2) is 5.69 Å². The van der Waals surface area contributed by atoms with Crippen LogP contribution in [0.15, 0.2) is 18.2 Å². The van der Waals surface area contributed by atoms with Crippen LogP contribution in [0, 0.1) is 12.7 Å². The molecule has 7 nitrogen and oxygen atoms in total. The highest BCUT2D eigenvalue weighted by molar-refractivity contribution is 6.04. The van der Waals surface area contributed by atoms with Crippen LogP contribution in [0.2, 0.25) is 0 Å². The number of anilines is 1. The summed E-state index contributed by atoms with van der Waals surface area (Å²) in [6.45, 7) is 5.87. The van der Waals surface area contributed by atoms with Gasteiger partial charge in [0, 0.05) is 6.07 Å². The maximum absolute atomic E-state index is 13.4. The second kappa shape index (κ2) is 7.60. The van der Waals surface area contributed by atoms with E-state index in [-0.39, 0.29) is 17.6 Å². The molecule has 0 aliphatic carbocycles. The Morgan fingerprint density at radius 3 is 2.92 bits per heavy atom. The lowest BCUT2D eigenvalue weighted by molar-refractivity contribution is 0.102. The molecule has 1 fully saturated rings. The third-order valence-electron chi connectivity index (χ3n) is 4.29. The molecule has 1 aliphatic heterocycles. The number of carbonyl (C=O) groups excluding carboxylic acids is 1. The quantitative estimate of drug-likeness (QED) is 0.867. The summed E-state index contributed by atoms with van der Waals surface area (Å²) in [5, 5.41) is 14.2. The van der Waals surface area contributed by atoms with E-state index >= 15 is 0 Å². The van der Waals surface area contributed by atoms with E-state index in [4.69, 9.17) is 4.74 Å². The van der Waals surface area contributed by atoms with E-state index in [0.29, 0.717) is 18.0 Å². The largest absolute Gasteiger partial charge is 0.492 e. The first-order chi connectivity index (χ1) is 12.1. The van der Waals surface area contributed by atoms with Gasteiger partial charge >= 0.3 is 0 Å². The van der Waals surface area contributed by atoms with Crippen LogP contribution < -0.4 is 15.4 Å². The van der Waals surface area contributed by atoms with E-state index < -0.39 is 5.82 Å². The topological polar surface area (TPSA) is 81.1 Å². The van der Waals surface area contributed by atoms with Crippen LogP contribution in [0.1, 0.15) is 42.0 Å². The first-order valence-electron chi connectivity index (χ1n) is 8.46. The van der Waals surface area contributed by atoms with Crippen LogP contribution in [0.4, 0.5) is 10.1 Å². The number of rotatable bonds is 5. The third-order valence-corrected chi connectivity index (χ3v) is 4.29. The number of nitrogens with one attached hydrogen (secondary N) is 2. The van der Waals surface area contributed by atoms with E-state index in [1.807, 2.05) is 11.6 Å². The molecule has 1 saturated heterocycles. The molecule has 134 valence electrons. The highest BCUT2D eigenvalue weighted by Crippen LogP contribution is 2.26. The van der Waals surface area contributed by atoms with Crippen molar-refractivity contribution in [1.29, 1.82) is 0 Å². The summed E-state index contributed by atoms with van der Waals surface area (Å²) in [6, 6.07) is 4.25. The lowest BCUT2D eigenvalue weighted by Gasteiger charge is -2.23. The van der Waals surface area contributed by atoms with Crippen molar-refractivity contribution in [2.75, 3.05) is 25.0 Å². The Balaban J connectivity index is 1.79. The van der Waals surface area contributed by atoms with Crippen LogP contribution in [-0.2, 0) is 0 Å². The SMILES string of the molecule is CCOc1cc(F)ccc1NC(=O)c1nnn(C2CCNCC2)c1C. The fraction of sp³-hybridized carbons (Fsp3) is 0.471. The molecular formula is C17H22FN5O2. The molecule has 8 heteroatoms. The van der Waals surface area contributed by atoms with Crippen molar-refractivity contribution in [2.45, 2.75) is 32.7 Å². The summed E-state index contributed by atoms with van der Waals surface area (Å²) in [4.78, 5) is 12.6. The van der Waals surface area contributed by atoms with Gasteiger partial charge in [-0.15, -0.1) is 5.10 Å². The summed E-state index contributed by atoms with van der Waals surface area (Å²) in [5.41, 5.74) is 1.40. The van der Waals surface area contributed by atoms with Crippen molar-refractivity contribution in [1.82, 2.24) is 20.3 Å². The van der Waals surface area contributed by atoms with Crippen molar-refractivity contribution in [3.63, 3.8) is 0 Å². The summed E-state index contributed by atoms with van der Waals surface area (Å²) < 4.78 is 20.6. The maximum atomic E-state index is 13.4. The first kappa shape index (κ1) is 17.3. The summed E-state index contributed by atoms with van der Waals surface area (Å²) >= 11 is 0. The summed E-state index contributed by atoms with van der Waals surface area (Å²) in [7, 11) is 0. The zero-order valence-corrected chi connectivity index (χ0v) is 14.4. The minimum absolute atomic E-state index is 0.250. The molecule has 0 atom stereocenters. The Bertz CT molecular complexity index is 755. The smallest absolute Gasteiger partial charge is 0.278 e. The van der Waals surface area contributed by atoms with Crippen LogP contribution >= 0.6 is 0 Å². The predicted molar refractivity (Wildman–Crippen MR) is 91.4 cm³/mol. The molecule has 2 aromatic rings. The number of hydrogen-bond acceptors (Lipinski definition) is 5. The van der Waals surface area contributed by atoms with Crippen LogP contribution in [0.5, 0.6) is 5.75 Å². The van der Waals surface area contributed by atoms with Gasteiger partial charge in [0.25, 0.3) is 5.91 Å². The van der Waals surface area contributed by atoms with Gasteiger partial charge in [-0.3, -0.25) is 4.79 Å². The van der Waals surface area contributed by atoms with Gasteiger partial charge in [0.2, 0.25) is 0 Å². The molecular weight excluding hydrogens is 325 g/mol. The van der Waals surface area contributed by atoms with E-state index in [2.05, 4.69) is 20.9 Å². The molecule has 1 amide bonds. The van der Waals surface area contributed by atoms with Gasteiger partial charge in [-0.2, -0.15) is 0 Å². The Morgan fingerprint density at radius 2 is 2.20 bits per heavy atom. The molecule has 0 spiro atoms. The van der Waals surface area contributed by atoms with Crippen LogP contribution in [0.3, 0.4) is 0 Å². The second-order valence-electron chi connectivity index (χ2n) is 5.98. The molecule has 0 bridgehead atoms. The maximum Gasteiger partial charge on any atom is 0.278 e. The number of benzene rings is 1. The standard InChI is InChI=1S/C17H22FN5O2/c1-3-25-15-10-12(18)4-5-14(15)20-17(24)16-11(2)23(22-21-16)13-6-8-19-9-7-13/h4-5,10,13,19H,3,6-9H2,1-2H3,(H,20,24). The number of piperidine rings is 1. The zero-order chi connectivity index (χ0) is 17.8. The average Bonchev–Trinajstić information content (AvgIpc) is 3.00. The molecule has 0 saturated carbocycles. The summed E-state index contributed by atoms with van der Waals surface area (Å²) in [5.74, 6) is -0.515. The van der Waals surface area contributed by atoms with Gasteiger partial charge < -0.3 is 15.4 Å². The second-order valence-corrected chi connectivity index (χ2v) is 5.98. The number of amides is 1. The van der Waals surface area contributed by atoms with Crippen LogP contribution in [-0.4, -0.2) is 40.6 Å². The number of nitrogens with zero attached hydrogens (tertiary/aromatic N) is 3. The molecule has 1 aromatic heterocycles. The highest BCUT2D eigenvalue weighted by atomic mass is 19.1. The van der Waals surface area contributed by atoms with Gasteiger partial charge in [-0.05, 0) is 51.9 Å².